The molecule has 0 spiro atoms. The SMILES string of the molecule is CCOc1ccc(N2CC(Oc3ccc([C@H](C)CC(=O)c4ccc(C)o4)cc3)C2)cc1. The summed E-state index contributed by atoms with van der Waals surface area (Å²) in [5.74, 6) is 3.10. The molecular weight excluding hydrogens is 390 g/mol. The van der Waals surface area contributed by atoms with Gasteiger partial charge in [0.15, 0.2) is 11.5 Å². The van der Waals surface area contributed by atoms with Crippen molar-refractivity contribution >= 4 is 11.5 Å². The molecule has 0 radical (unpaired) electrons. The van der Waals surface area contributed by atoms with E-state index in [0.717, 1.165) is 35.9 Å². The molecule has 0 N–H and O–H groups in total. The van der Waals surface area contributed by atoms with Crippen LogP contribution in [0.4, 0.5) is 5.69 Å². The number of carbonyl (C=O) groups is 1. The first kappa shape index (κ1) is 21.0. The van der Waals surface area contributed by atoms with E-state index >= 15 is 0 Å². The minimum absolute atomic E-state index is 0.0322. The third-order valence-electron chi connectivity index (χ3n) is 5.62. The molecule has 1 saturated heterocycles. The molecule has 0 bridgehead atoms. The zero-order valence-corrected chi connectivity index (χ0v) is 18.3. The summed E-state index contributed by atoms with van der Waals surface area (Å²) in [6, 6.07) is 19.8. The standard InChI is InChI=1S/C26H29NO4/c1-4-29-22-12-8-21(9-13-22)27-16-24(17-27)31-23-10-6-20(7-11-23)18(2)15-25(28)26-14-5-19(3)30-26/h5-14,18,24H,4,15-17H2,1-3H3/t18-/m1/s1. The van der Waals surface area contributed by atoms with Crippen LogP contribution in [0.3, 0.4) is 0 Å². The summed E-state index contributed by atoms with van der Waals surface area (Å²) in [6.45, 7) is 8.30. The first-order valence-corrected chi connectivity index (χ1v) is 10.9. The smallest absolute Gasteiger partial charge is 0.198 e. The van der Waals surface area contributed by atoms with Gasteiger partial charge in [0.25, 0.3) is 0 Å². The van der Waals surface area contributed by atoms with Crippen LogP contribution in [0.1, 0.15) is 48.1 Å². The second-order valence-corrected chi connectivity index (χ2v) is 8.08. The third kappa shape index (κ3) is 5.10. The lowest BCUT2D eigenvalue weighted by Crippen LogP contribution is -2.54. The number of rotatable bonds is 9. The second kappa shape index (κ2) is 9.29. The quantitative estimate of drug-likeness (QED) is 0.421. The number of ketones is 1. The van der Waals surface area contributed by atoms with Crippen molar-refractivity contribution in [1.29, 1.82) is 0 Å². The van der Waals surface area contributed by atoms with Crippen LogP contribution in [-0.4, -0.2) is 31.6 Å². The third-order valence-corrected chi connectivity index (χ3v) is 5.62. The van der Waals surface area contributed by atoms with Crippen LogP contribution in [0, 0.1) is 6.92 Å². The highest BCUT2D eigenvalue weighted by atomic mass is 16.5. The maximum Gasteiger partial charge on any atom is 0.198 e. The van der Waals surface area contributed by atoms with Crippen molar-refractivity contribution in [3.8, 4) is 11.5 Å². The molecular formula is C26H29NO4. The van der Waals surface area contributed by atoms with E-state index in [-0.39, 0.29) is 17.8 Å². The predicted molar refractivity (Wildman–Crippen MR) is 121 cm³/mol. The van der Waals surface area contributed by atoms with Gasteiger partial charge in [0, 0.05) is 12.1 Å². The highest BCUT2D eigenvalue weighted by molar-refractivity contribution is 5.94. The van der Waals surface area contributed by atoms with E-state index in [4.69, 9.17) is 13.9 Å². The predicted octanol–water partition coefficient (Wildman–Crippen LogP) is 5.63. The minimum Gasteiger partial charge on any atom is -0.494 e. The first-order valence-electron chi connectivity index (χ1n) is 10.9. The molecule has 0 amide bonds. The van der Waals surface area contributed by atoms with Gasteiger partial charge in [-0.2, -0.15) is 0 Å². The largest absolute Gasteiger partial charge is 0.494 e. The molecule has 0 saturated carbocycles. The fourth-order valence-corrected chi connectivity index (χ4v) is 3.79. The molecule has 5 nitrogen and oxygen atoms in total. The van der Waals surface area contributed by atoms with E-state index in [0.29, 0.717) is 18.8 Å². The zero-order chi connectivity index (χ0) is 21.8. The van der Waals surface area contributed by atoms with Crippen molar-refractivity contribution in [2.45, 2.75) is 39.2 Å². The lowest BCUT2D eigenvalue weighted by molar-refractivity contribution is 0.0947. The number of benzene rings is 2. The molecule has 31 heavy (non-hydrogen) atoms. The number of Topliss-reactive ketones (excluding diaryl/α,β-unsaturated/α-hetero) is 1. The summed E-state index contributed by atoms with van der Waals surface area (Å²) in [6.07, 6.45) is 0.603. The maximum atomic E-state index is 12.4. The number of anilines is 1. The molecule has 3 aromatic rings. The number of aryl methyl sites for hydroxylation is 1. The molecule has 162 valence electrons. The fraction of sp³-hybridized carbons (Fsp3) is 0.346. The number of carbonyl (C=O) groups excluding carboxylic acids is 1. The number of furan rings is 1. The Morgan fingerprint density at radius 2 is 1.71 bits per heavy atom. The van der Waals surface area contributed by atoms with Crippen molar-refractivity contribution in [2.24, 2.45) is 0 Å². The topological polar surface area (TPSA) is 51.9 Å². The van der Waals surface area contributed by atoms with Gasteiger partial charge in [0.2, 0.25) is 0 Å². The van der Waals surface area contributed by atoms with E-state index in [2.05, 4.69) is 24.0 Å². The van der Waals surface area contributed by atoms with Crippen LogP contribution < -0.4 is 14.4 Å². The summed E-state index contributed by atoms with van der Waals surface area (Å²) < 4.78 is 17.0. The molecule has 0 aliphatic carbocycles. The Hall–Kier alpha value is -3.21. The van der Waals surface area contributed by atoms with Gasteiger partial charge in [0.1, 0.15) is 23.4 Å². The van der Waals surface area contributed by atoms with E-state index in [1.54, 1.807) is 6.07 Å². The number of nitrogens with zero attached hydrogens (tertiary/aromatic N) is 1. The Bertz CT molecular complexity index is 1000. The van der Waals surface area contributed by atoms with Crippen molar-refractivity contribution in [2.75, 3.05) is 24.6 Å². The first-order chi connectivity index (χ1) is 15.0. The van der Waals surface area contributed by atoms with Gasteiger partial charge < -0.3 is 18.8 Å². The van der Waals surface area contributed by atoms with Crippen molar-refractivity contribution in [3.05, 3.63) is 77.7 Å². The lowest BCUT2D eigenvalue weighted by atomic mass is 9.95. The van der Waals surface area contributed by atoms with Crippen molar-refractivity contribution in [1.82, 2.24) is 0 Å². The van der Waals surface area contributed by atoms with Gasteiger partial charge in [-0.25, -0.2) is 0 Å². The molecule has 1 aliphatic heterocycles. The Balaban J connectivity index is 1.26. The van der Waals surface area contributed by atoms with Crippen LogP contribution in [-0.2, 0) is 0 Å². The van der Waals surface area contributed by atoms with Gasteiger partial charge in [-0.05, 0) is 73.9 Å². The van der Waals surface area contributed by atoms with Crippen LogP contribution >= 0.6 is 0 Å². The summed E-state index contributed by atoms with van der Waals surface area (Å²) in [5.41, 5.74) is 2.30. The van der Waals surface area contributed by atoms with E-state index in [1.807, 2.05) is 56.3 Å². The highest BCUT2D eigenvalue weighted by Crippen LogP contribution is 2.28. The summed E-state index contributed by atoms with van der Waals surface area (Å²) in [4.78, 5) is 14.7. The maximum absolute atomic E-state index is 12.4. The van der Waals surface area contributed by atoms with E-state index in [9.17, 15) is 4.79 Å². The van der Waals surface area contributed by atoms with Gasteiger partial charge in [-0.15, -0.1) is 0 Å². The van der Waals surface area contributed by atoms with E-state index in [1.165, 1.54) is 5.69 Å². The van der Waals surface area contributed by atoms with Crippen LogP contribution in [0.25, 0.3) is 0 Å². The molecule has 2 aromatic carbocycles. The fourth-order valence-electron chi connectivity index (χ4n) is 3.79. The Labute approximate surface area is 183 Å². The van der Waals surface area contributed by atoms with Crippen molar-refractivity contribution < 1.29 is 18.7 Å². The molecule has 0 unspecified atom stereocenters. The van der Waals surface area contributed by atoms with Crippen LogP contribution in [0.2, 0.25) is 0 Å². The highest BCUT2D eigenvalue weighted by Gasteiger charge is 2.28. The van der Waals surface area contributed by atoms with Crippen LogP contribution in [0.15, 0.2) is 65.1 Å². The summed E-state index contributed by atoms with van der Waals surface area (Å²) in [5, 5.41) is 0. The molecule has 2 heterocycles. The van der Waals surface area contributed by atoms with Gasteiger partial charge in [-0.3, -0.25) is 4.79 Å². The minimum atomic E-state index is 0.0322. The average molecular weight is 420 g/mol. The Morgan fingerprint density at radius 3 is 2.32 bits per heavy atom. The summed E-state index contributed by atoms with van der Waals surface area (Å²) in [7, 11) is 0. The van der Waals surface area contributed by atoms with Gasteiger partial charge in [-0.1, -0.05) is 19.1 Å². The zero-order valence-electron chi connectivity index (χ0n) is 18.3. The molecule has 1 fully saturated rings. The molecule has 5 heteroatoms. The second-order valence-electron chi connectivity index (χ2n) is 8.08. The normalized spacial score (nSPS) is 14.7. The van der Waals surface area contributed by atoms with Crippen molar-refractivity contribution in [3.63, 3.8) is 0 Å². The van der Waals surface area contributed by atoms with Gasteiger partial charge in [0.05, 0.1) is 19.7 Å². The van der Waals surface area contributed by atoms with Gasteiger partial charge >= 0.3 is 0 Å². The number of ether oxygens (including phenoxy) is 2. The van der Waals surface area contributed by atoms with E-state index < -0.39 is 0 Å². The lowest BCUT2D eigenvalue weighted by Gasteiger charge is -2.40. The monoisotopic (exact) mass is 419 g/mol. The van der Waals surface area contributed by atoms with Crippen LogP contribution in [0.5, 0.6) is 11.5 Å². The summed E-state index contributed by atoms with van der Waals surface area (Å²) >= 11 is 0. The number of hydrogen-bond donors (Lipinski definition) is 0. The Kier molecular flexibility index (Phi) is 6.31. The number of hydrogen-bond acceptors (Lipinski definition) is 5. The molecule has 1 aliphatic rings. The molecule has 1 aromatic heterocycles. The molecule has 1 atom stereocenters. The molecule has 4 rings (SSSR count). The average Bonchev–Trinajstić information content (AvgIpc) is 3.18. The Morgan fingerprint density at radius 1 is 1.03 bits per heavy atom.